The van der Waals surface area contributed by atoms with E-state index in [1.54, 1.807) is 28.0 Å². The van der Waals surface area contributed by atoms with Gasteiger partial charge in [0.15, 0.2) is 0 Å². The second-order valence-electron chi connectivity index (χ2n) is 5.18. The normalized spacial score (nSPS) is 26.1. The number of carboxylic acids is 1. The molecule has 108 valence electrons. The molecule has 2 aliphatic heterocycles. The van der Waals surface area contributed by atoms with Gasteiger partial charge in [-0.1, -0.05) is 0 Å². The van der Waals surface area contributed by atoms with E-state index in [1.165, 1.54) is 4.88 Å². The lowest BCUT2D eigenvalue weighted by Crippen LogP contribution is -2.49. The highest BCUT2D eigenvalue weighted by Crippen LogP contribution is 2.41. The van der Waals surface area contributed by atoms with Crippen LogP contribution in [0.25, 0.3) is 0 Å². The van der Waals surface area contributed by atoms with E-state index in [4.69, 9.17) is 0 Å². The molecule has 20 heavy (non-hydrogen) atoms. The maximum atomic E-state index is 12.8. The van der Waals surface area contributed by atoms with Crippen molar-refractivity contribution in [2.24, 2.45) is 0 Å². The Morgan fingerprint density at radius 3 is 3.00 bits per heavy atom. The number of amides is 1. The number of likely N-dealkylation sites (tertiary alicyclic amines) is 1. The summed E-state index contributed by atoms with van der Waals surface area (Å²) < 4.78 is 0. The van der Waals surface area contributed by atoms with Gasteiger partial charge in [-0.05, 0) is 48.4 Å². The van der Waals surface area contributed by atoms with Crippen LogP contribution in [0.15, 0.2) is 11.4 Å². The zero-order valence-corrected chi connectivity index (χ0v) is 12.7. The average Bonchev–Trinajstić information content (AvgIpc) is 2.94. The van der Waals surface area contributed by atoms with Gasteiger partial charge in [-0.25, -0.2) is 4.79 Å². The molecule has 0 aromatic carbocycles. The van der Waals surface area contributed by atoms with Gasteiger partial charge in [-0.15, -0.1) is 23.1 Å². The van der Waals surface area contributed by atoms with Crippen LogP contribution in [0.1, 0.15) is 35.0 Å². The van der Waals surface area contributed by atoms with Crippen molar-refractivity contribution >= 4 is 35.0 Å². The minimum absolute atomic E-state index is 0.0125. The molecule has 0 radical (unpaired) electrons. The fourth-order valence-corrected chi connectivity index (χ4v) is 5.31. The van der Waals surface area contributed by atoms with Crippen molar-refractivity contribution in [1.82, 2.24) is 4.90 Å². The predicted molar refractivity (Wildman–Crippen MR) is 80.2 cm³/mol. The van der Waals surface area contributed by atoms with Crippen molar-refractivity contribution in [3.63, 3.8) is 0 Å². The lowest BCUT2D eigenvalue weighted by molar-refractivity contribution is -0.151. The van der Waals surface area contributed by atoms with Gasteiger partial charge in [0.25, 0.3) is 0 Å². The zero-order valence-electron chi connectivity index (χ0n) is 11.1. The van der Waals surface area contributed by atoms with Gasteiger partial charge in [-0.3, -0.25) is 4.79 Å². The topological polar surface area (TPSA) is 57.6 Å². The second-order valence-corrected chi connectivity index (χ2v) is 7.40. The van der Waals surface area contributed by atoms with Crippen molar-refractivity contribution < 1.29 is 14.7 Å². The number of hydrogen-bond acceptors (Lipinski definition) is 4. The monoisotopic (exact) mass is 311 g/mol. The number of piperidine rings is 1. The van der Waals surface area contributed by atoms with Crippen LogP contribution in [0, 0.1) is 0 Å². The molecule has 1 N–H and O–H groups in total. The summed E-state index contributed by atoms with van der Waals surface area (Å²) in [4.78, 5) is 27.0. The number of hydrogen-bond donors (Lipinski definition) is 1. The SMILES string of the molecule is O=C(O)C1CCCCN1C(=O)C1SCCc2sccc21. The Balaban J connectivity index is 1.84. The Kier molecular flexibility index (Phi) is 4.03. The molecule has 3 heterocycles. The van der Waals surface area contributed by atoms with Crippen LogP contribution in [0.2, 0.25) is 0 Å². The van der Waals surface area contributed by atoms with E-state index >= 15 is 0 Å². The van der Waals surface area contributed by atoms with E-state index in [1.807, 2.05) is 11.4 Å². The van der Waals surface area contributed by atoms with Gasteiger partial charge in [-0.2, -0.15) is 0 Å². The standard InChI is InChI=1S/C14H17NO3S2/c16-13(15-6-2-1-3-10(15)14(17)18)12-9-4-7-19-11(9)5-8-20-12/h4,7,10,12H,1-3,5-6,8H2,(H,17,18). The molecule has 1 fully saturated rings. The third-order valence-corrected chi connectivity index (χ3v) is 6.20. The second kappa shape index (κ2) is 5.77. The zero-order chi connectivity index (χ0) is 14.1. The molecule has 0 bridgehead atoms. The molecule has 0 saturated carbocycles. The van der Waals surface area contributed by atoms with E-state index in [-0.39, 0.29) is 11.2 Å². The average molecular weight is 311 g/mol. The maximum absolute atomic E-state index is 12.8. The van der Waals surface area contributed by atoms with Gasteiger partial charge in [0.2, 0.25) is 5.91 Å². The van der Waals surface area contributed by atoms with E-state index in [0.29, 0.717) is 13.0 Å². The van der Waals surface area contributed by atoms with Gasteiger partial charge >= 0.3 is 5.97 Å². The third kappa shape index (κ3) is 2.46. The number of aryl methyl sites for hydroxylation is 1. The van der Waals surface area contributed by atoms with Crippen molar-refractivity contribution in [2.45, 2.75) is 37.0 Å². The van der Waals surface area contributed by atoms with E-state index in [2.05, 4.69) is 0 Å². The molecule has 2 aliphatic rings. The summed E-state index contributed by atoms with van der Waals surface area (Å²) in [5.41, 5.74) is 1.10. The number of thiophene rings is 1. The van der Waals surface area contributed by atoms with E-state index in [9.17, 15) is 14.7 Å². The summed E-state index contributed by atoms with van der Waals surface area (Å²) in [6.45, 7) is 0.576. The van der Waals surface area contributed by atoms with Crippen molar-refractivity contribution in [3.8, 4) is 0 Å². The minimum atomic E-state index is -0.871. The van der Waals surface area contributed by atoms with Crippen molar-refractivity contribution in [1.29, 1.82) is 0 Å². The number of carboxylic acid groups (broad SMARTS) is 1. The maximum Gasteiger partial charge on any atom is 0.326 e. The van der Waals surface area contributed by atoms with Crippen molar-refractivity contribution in [3.05, 3.63) is 21.9 Å². The van der Waals surface area contributed by atoms with Gasteiger partial charge in [0.1, 0.15) is 11.3 Å². The number of carbonyl (C=O) groups is 2. The van der Waals surface area contributed by atoms with Gasteiger partial charge < -0.3 is 10.0 Å². The van der Waals surface area contributed by atoms with Crippen LogP contribution in [-0.4, -0.2) is 40.2 Å². The molecule has 1 aromatic rings. The first-order valence-electron chi connectivity index (χ1n) is 6.89. The highest BCUT2D eigenvalue weighted by Gasteiger charge is 2.38. The fourth-order valence-electron chi connectivity index (χ4n) is 2.95. The molecule has 1 aromatic heterocycles. The highest BCUT2D eigenvalue weighted by molar-refractivity contribution is 8.00. The quantitative estimate of drug-likeness (QED) is 0.912. The molecular weight excluding hydrogens is 294 g/mol. The first-order valence-corrected chi connectivity index (χ1v) is 8.82. The summed E-state index contributed by atoms with van der Waals surface area (Å²) in [5, 5.41) is 11.1. The Morgan fingerprint density at radius 2 is 2.20 bits per heavy atom. The molecule has 2 unspecified atom stereocenters. The van der Waals surface area contributed by atoms with Crippen LogP contribution < -0.4 is 0 Å². The number of thioether (sulfide) groups is 1. The lowest BCUT2D eigenvalue weighted by atomic mass is 10.0. The lowest BCUT2D eigenvalue weighted by Gasteiger charge is -2.36. The first-order chi connectivity index (χ1) is 9.68. The molecule has 4 nitrogen and oxygen atoms in total. The Morgan fingerprint density at radius 1 is 1.35 bits per heavy atom. The first kappa shape index (κ1) is 13.9. The number of fused-ring (bicyclic) bond motifs is 1. The molecule has 0 aliphatic carbocycles. The fraction of sp³-hybridized carbons (Fsp3) is 0.571. The molecule has 3 rings (SSSR count). The number of nitrogens with zero attached hydrogens (tertiary/aromatic N) is 1. The van der Waals surface area contributed by atoms with Crippen molar-refractivity contribution in [2.75, 3.05) is 12.3 Å². The summed E-state index contributed by atoms with van der Waals surface area (Å²) in [6, 6.07) is 1.38. The Hall–Kier alpha value is -1.01. The Bertz CT molecular complexity index is 528. The van der Waals surface area contributed by atoms with Gasteiger partial charge in [0.05, 0.1) is 0 Å². The van der Waals surface area contributed by atoms with Gasteiger partial charge in [0, 0.05) is 11.4 Å². The minimum Gasteiger partial charge on any atom is -0.480 e. The van der Waals surface area contributed by atoms with E-state index < -0.39 is 12.0 Å². The van der Waals surface area contributed by atoms with Crippen LogP contribution in [-0.2, 0) is 16.0 Å². The largest absolute Gasteiger partial charge is 0.480 e. The van der Waals surface area contributed by atoms with Crippen LogP contribution >= 0.6 is 23.1 Å². The molecule has 2 atom stereocenters. The van der Waals surface area contributed by atoms with Crippen LogP contribution in [0.5, 0.6) is 0 Å². The number of aliphatic carboxylic acids is 1. The smallest absolute Gasteiger partial charge is 0.326 e. The predicted octanol–water partition coefficient (Wildman–Crippen LogP) is 2.54. The van der Waals surface area contributed by atoms with Crippen LogP contribution in [0.4, 0.5) is 0 Å². The number of rotatable bonds is 2. The third-order valence-electron chi connectivity index (χ3n) is 3.97. The molecule has 1 amide bonds. The Labute approximate surface area is 126 Å². The summed E-state index contributed by atoms with van der Waals surface area (Å²) in [7, 11) is 0. The van der Waals surface area contributed by atoms with E-state index in [0.717, 1.165) is 30.6 Å². The summed E-state index contributed by atoms with van der Waals surface area (Å²) in [5.74, 6) is 0.0565. The molecule has 0 spiro atoms. The summed E-state index contributed by atoms with van der Waals surface area (Å²) in [6.07, 6.45) is 3.39. The molecular formula is C14H17NO3S2. The van der Waals surface area contributed by atoms with Crippen LogP contribution in [0.3, 0.4) is 0 Å². The molecule has 6 heteroatoms. The number of carbonyl (C=O) groups excluding carboxylic acids is 1. The molecule has 1 saturated heterocycles. The highest BCUT2D eigenvalue weighted by atomic mass is 32.2. The summed E-state index contributed by atoms with van der Waals surface area (Å²) >= 11 is 3.35.